The fourth-order valence-electron chi connectivity index (χ4n) is 5.24. The number of halogens is 2. The van der Waals surface area contributed by atoms with Crippen molar-refractivity contribution in [1.29, 1.82) is 0 Å². The van der Waals surface area contributed by atoms with Crippen molar-refractivity contribution in [2.75, 3.05) is 14.1 Å². The molecule has 0 bridgehead atoms. The van der Waals surface area contributed by atoms with E-state index in [1.165, 1.54) is 41.7 Å². The number of sulfonamides is 2. The Labute approximate surface area is 366 Å². The second-order valence-corrected chi connectivity index (χ2v) is 17.0. The van der Waals surface area contributed by atoms with Crippen LogP contribution in [0.1, 0.15) is 32.1 Å². The van der Waals surface area contributed by atoms with Crippen LogP contribution < -0.4 is 30.8 Å². The number of quaternary nitrogens is 1. The molecule has 0 fully saturated rings. The van der Waals surface area contributed by atoms with E-state index in [-0.39, 0.29) is 49.9 Å². The van der Waals surface area contributed by atoms with Gasteiger partial charge in [0.2, 0.25) is 10.0 Å². The van der Waals surface area contributed by atoms with E-state index in [1.54, 1.807) is 62.4 Å². The van der Waals surface area contributed by atoms with E-state index < -0.39 is 54.2 Å². The summed E-state index contributed by atoms with van der Waals surface area (Å²) in [4.78, 5) is 47.8. The van der Waals surface area contributed by atoms with Gasteiger partial charge in [0, 0.05) is 21.2 Å². The Kier molecular flexibility index (Phi) is 15.3. The molecule has 0 spiro atoms. The molecule has 0 saturated carbocycles. The van der Waals surface area contributed by atoms with Gasteiger partial charge in [-0.25, -0.2) is 27.2 Å². The number of carbonyl (C=O) groups excluding carboxylic acids is 2. The van der Waals surface area contributed by atoms with Crippen LogP contribution >= 0.6 is 23.2 Å². The van der Waals surface area contributed by atoms with Crippen molar-refractivity contribution in [1.82, 2.24) is 24.3 Å². The molecule has 0 aliphatic heterocycles. The minimum atomic E-state index is -3.86. The molecule has 4 aromatic carbocycles. The zero-order valence-corrected chi connectivity index (χ0v) is 36.3. The molecular weight excluding hydrogens is 919 g/mol. The third-order valence-electron chi connectivity index (χ3n) is 8.32. The number of carboxylic acids is 2. The number of carboxylic acid groups (broad SMARTS) is 2. The number of aryl methyl sites for hydroxylation is 2. The third kappa shape index (κ3) is 10.8. The molecule has 6 rings (SSSR count). The number of nitrogens with zero attached hydrogens (tertiary/aromatic N) is 6. The van der Waals surface area contributed by atoms with Crippen molar-refractivity contribution in [3.63, 3.8) is 0 Å². The maximum Gasteiger partial charge on any atom is 3.00 e. The molecule has 0 atom stereocenters. The minimum Gasteiger partial charge on any atom is -0.545 e. The predicted octanol–water partition coefficient (Wildman–Crippen LogP) is 2.60. The van der Waals surface area contributed by atoms with Crippen LogP contribution in [0.3, 0.4) is 0 Å². The van der Waals surface area contributed by atoms with Crippen molar-refractivity contribution in [2.24, 2.45) is 20.5 Å². The van der Waals surface area contributed by atoms with Gasteiger partial charge in [-0.15, -0.1) is 20.5 Å². The van der Waals surface area contributed by atoms with E-state index in [2.05, 4.69) is 35.4 Å². The average molecular weight is 951 g/mol. The number of primary sulfonamides is 1. The van der Waals surface area contributed by atoms with Crippen LogP contribution in [0.4, 0.5) is 22.7 Å². The van der Waals surface area contributed by atoms with Crippen molar-refractivity contribution in [3.05, 3.63) is 138 Å². The zero-order valence-electron chi connectivity index (χ0n) is 31.9. The molecule has 0 saturated heterocycles. The fraction of sp³-hybridized carbons (Fsp3) is 0.111. The number of aromatic nitrogens is 4. The largest absolute Gasteiger partial charge is 3.00 e. The predicted molar refractivity (Wildman–Crippen MR) is 213 cm³/mol. The molecule has 5 N–H and O–H groups in total. The van der Waals surface area contributed by atoms with Crippen LogP contribution in [-0.4, -0.2) is 62.4 Å². The van der Waals surface area contributed by atoms with Crippen molar-refractivity contribution in [2.45, 2.75) is 23.6 Å². The maximum absolute atomic E-state index is 12.7. The van der Waals surface area contributed by atoms with Gasteiger partial charge in [-0.3, -0.25) is 19.8 Å². The SMILES string of the molecule is CNS(=O)(=O)c1ccc(N=Nc2c(C)[nH]n(-c3cccc(Cl)c3)c2=O)c(C(=O)[O-])c1.C[NH2+]S(=O)(=O)c1ccc(N=Nc2c(C)[nH]n(-c3cccc(Cl)c3)c2=O)c(C(=O)[O-])c1.[Cr+3]. The van der Waals surface area contributed by atoms with E-state index in [1.807, 2.05) is 0 Å². The minimum absolute atomic E-state index is 0. The number of carbonyl (C=O) groups is 2. The summed E-state index contributed by atoms with van der Waals surface area (Å²) in [7, 11) is -5.09. The molecule has 2 heterocycles. The van der Waals surface area contributed by atoms with Gasteiger partial charge in [-0.1, -0.05) is 35.3 Å². The number of hydrogen-bond acceptors (Lipinski definition) is 14. The first-order valence-corrected chi connectivity index (χ1v) is 20.7. The Hall–Kier alpha value is -6.03. The average Bonchev–Trinajstić information content (AvgIpc) is 3.67. The third-order valence-corrected chi connectivity index (χ3v) is 11.7. The molecule has 0 aliphatic rings. The molecule has 2 aromatic heterocycles. The first-order valence-electron chi connectivity index (χ1n) is 16.9. The first kappa shape index (κ1) is 47.6. The number of aromatic amines is 2. The van der Waals surface area contributed by atoms with Crippen LogP contribution in [0.15, 0.2) is 125 Å². The number of hydrogen-bond donors (Lipinski definition) is 4. The van der Waals surface area contributed by atoms with Gasteiger partial charge in [-0.05, 0) is 93.7 Å². The molecule has 0 amide bonds. The molecule has 315 valence electrons. The summed E-state index contributed by atoms with van der Waals surface area (Å²) in [6.45, 7) is 3.20. The van der Waals surface area contributed by atoms with E-state index >= 15 is 0 Å². The number of rotatable bonds is 12. The second kappa shape index (κ2) is 19.6. The smallest absolute Gasteiger partial charge is 0.545 e. The Balaban J connectivity index is 0.000000264. The number of nitrogens with one attached hydrogen (secondary N) is 3. The summed E-state index contributed by atoms with van der Waals surface area (Å²) >= 11 is 11.9. The number of azo groups is 2. The maximum atomic E-state index is 12.7. The summed E-state index contributed by atoms with van der Waals surface area (Å²) in [5, 5.41) is 44.9. The standard InChI is InChI=1S/2C18H16ClN5O5S.Cr/c2*1-10-16(17(25)24(23-10)12-5-3-4-11(19)8-12)22-21-15-7-6-13(30(28,29)20-2)9-14(15)18(26)27;/h2*3-9,20,23H,1-2H3,(H,26,27);/q;;+3/p-1. The van der Waals surface area contributed by atoms with Crippen LogP contribution in [0.2, 0.25) is 10.0 Å². The molecule has 6 aromatic rings. The Morgan fingerprint density at radius 3 is 1.46 bits per heavy atom. The van der Waals surface area contributed by atoms with Crippen LogP contribution in [0.25, 0.3) is 11.4 Å². The van der Waals surface area contributed by atoms with Crippen molar-refractivity contribution < 1.29 is 58.7 Å². The number of nitrogens with two attached hydrogens (primary N) is 1. The summed E-state index contributed by atoms with van der Waals surface area (Å²) in [5.41, 5.74) is -0.680. The van der Waals surface area contributed by atoms with Crippen LogP contribution in [-0.2, 0) is 37.4 Å². The normalized spacial score (nSPS) is 11.6. The zero-order chi connectivity index (χ0) is 44.1. The summed E-state index contributed by atoms with van der Waals surface area (Å²) in [6.07, 6.45) is 0. The molecular formula is C36H31Cl2CrN10O10S2+2. The Morgan fingerprint density at radius 1 is 0.672 bits per heavy atom. The number of benzene rings is 4. The first-order chi connectivity index (χ1) is 28.3. The molecule has 20 nitrogen and oxygen atoms in total. The molecule has 0 unspecified atom stereocenters. The monoisotopic (exact) mass is 949 g/mol. The quantitative estimate of drug-likeness (QED) is 0.130. The molecule has 0 aliphatic carbocycles. The van der Waals surface area contributed by atoms with E-state index in [0.717, 1.165) is 22.9 Å². The molecule has 61 heavy (non-hydrogen) atoms. The summed E-state index contributed by atoms with van der Waals surface area (Å²) in [5.74, 6) is -3.27. The number of H-pyrrole nitrogens is 2. The summed E-state index contributed by atoms with van der Waals surface area (Å²) < 4.78 is 53.1. The van der Waals surface area contributed by atoms with Gasteiger partial charge >= 0.3 is 27.4 Å². The van der Waals surface area contributed by atoms with Gasteiger partial charge in [0.25, 0.3) is 11.1 Å². The fourth-order valence-corrected chi connectivity index (χ4v) is 7.18. The van der Waals surface area contributed by atoms with Crippen LogP contribution in [0, 0.1) is 13.8 Å². The van der Waals surface area contributed by atoms with Crippen LogP contribution in [0.5, 0.6) is 0 Å². The molecule has 1 radical (unpaired) electrons. The van der Waals surface area contributed by atoms with E-state index in [9.17, 15) is 46.2 Å². The van der Waals surface area contributed by atoms with Crippen molar-refractivity contribution in [3.8, 4) is 11.4 Å². The number of aromatic carboxylic acids is 2. The van der Waals surface area contributed by atoms with E-state index in [4.69, 9.17) is 23.2 Å². The molecule has 25 heteroatoms. The summed E-state index contributed by atoms with van der Waals surface area (Å²) in [6, 6.07) is 19.7. The Morgan fingerprint density at radius 2 is 1.08 bits per heavy atom. The van der Waals surface area contributed by atoms with Gasteiger partial charge in [0.05, 0.1) is 58.0 Å². The van der Waals surface area contributed by atoms with Gasteiger partial charge in [0.1, 0.15) is 4.90 Å². The van der Waals surface area contributed by atoms with Gasteiger partial charge in [0.15, 0.2) is 11.4 Å². The van der Waals surface area contributed by atoms with E-state index in [0.29, 0.717) is 32.8 Å². The van der Waals surface area contributed by atoms with Crippen molar-refractivity contribution >= 4 is 77.9 Å². The topological polar surface area (TPSA) is 302 Å². The van der Waals surface area contributed by atoms with Gasteiger partial charge < -0.3 is 19.8 Å². The van der Waals surface area contributed by atoms with Gasteiger partial charge in [-0.2, -0.15) is 8.42 Å². The second-order valence-electron chi connectivity index (χ2n) is 12.2. The Bertz CT molecular complexity index is 2870.